The Hall–Kier alpha value is -1.55. The van der Waals surface area contributed by atoms with Crippen molar-refractivity contribution in [1.82, 2.24) is 9.80 Å². The van der Waals surface area contributed by atoms with E-state index >= 15 is 0 Å². The van der Waals surface area contributed by atoms with Gasteiger partial charge in [0.25, 0.3) is 5.91 Å². The summed E-state index contributed by atoms with van der Waals surface area (Å²) in [6, 6.07) is 5.48. The molecular formula is C14H20N2O2. The van der Waals surface area contributed by atoms with Crippen LogP contribution in [0.5, 0.6) is 5.75 Å². The predicted octanol–water partition coefficient (Wildman–Crippen LogP) is 1.48. The van der Waals surface area contributed by atoms with Gasteiger partial charge in [-0.3, -0.25) is 4.79 Å². The third kappa shape index (κ3) is 2.34. The standard InChI is InChI=1S/C14H20N2O2/c1-10-5-4-6-12(13(10)17)14(18)16-8-7-15(3)9-11(16)2/h4-6,11,17H,7-9H2,1-3H3. The lowest BCUT2D eigenvalue weighted by molar-refractivity contribution is 0.0530. The van der Waals surface area contributed by atoms with Gasteiger partial charge in [-0.2, -0.15) is 0 Å². The van der Waals surface area contributed by atoms with Crippen LogP contribution in [0.25, 0.3) is 0 Å². The summed E-state index contributed by atoms with van der Waals surface area (Å²) >= 11 is 0. The number of aryl methyl sites for hydroxylation is 1. The van der Waals surface area contributed by atoms with Gasteiger partial charge in [-0.05, 0) is 32.5 Å². The zero-order valence-corrected chi connectivity index (χ0v) is 11.2. The average molecular weight is 248 g/mol. The molecule has 1 heterocycles. The highest BCUT2D eigenvalue weighted by molar-refractivity contribution is 5.97. The molecule has 1 unspecified atom stereocenters. The average Bonchev–Trinajstić information content (AvgIpc) is 2.32. The Kier molecular flexibility index (Phi) is 3.57. The van der Waals surface area contributed by atoms with Crippen LogP contribution in [-0.4, -0.2) is 53.5 Å². The minimum Gasteiger partial charge on any atom is -0.507 e. The first-order valence-electron chi connectivity index (χ1n) is 6.29. The number of carbonyl (C=O) groups is 1. The molecule has 1 aliphatic heterocycles. The molecule has 98 valence electrons. The molecular weight excluding hydrogens is 228 g/mol. The van der Waals surface area contributed by atoms with E-state index in [-0.39, 0.29) is 17.7 Å². The first-order valence-corrected chi connectivity index (χ1v) is 6.29. The highest BCUT2D eigenvalue weighted by Gasteiger charge is 2.28. The normalized spacial score (nSPS) is 21.1. The molecule has 4 heteroatoms. The number of piperazine rings is 1. The van der Waals surface area contributed by atoms with Gasteiger partial charge in [0.05, 0.1) is 5.56 Å². The number of nitrogens with zero attached hydrogens (tertiary/aromatic N) is 2. The van der Waals surface area contributed by atoms with Gasteiger partial charge in [0.2, 0.25) is 0 Å². The number of hydrogen-bond donors (Lipinski definition) is 1. The molecule has 1 amide bonds. The van der Waals surface area contributed by atoms with Crippen molar-refractivity contribution < 1.29 is 9.90 Å². The van der Waals surface area contributed by atoms with E-state index in [2.05, 4.69) is 11.9 Å². The SMILES string of the molecule is Cc1cccc(C(=O)N2CCN(C)CC2C)c1O. The lowest BCUT2D eigenvalue weighted by Gasteiger charge is -2.38. The van der Waals surface area contributed by atoms with Gasteiger partial charge >= 0.3 is 0 Å². The van der Waals surface area contributed by atoms with E-state index in [4.69, 9.17) is 0 Å². The van der Waals surface area contributed by atoms with Gasteiger partial charge < -0.3 is 14.9 Å². The Bertz CT molecular complexity index is 459. The summed E-state index contributed by atoms with van der Waals surface area (Å²) in [7, 11) is 2.06. The number of para-hydroxylation sites is 1. The van der Waals surface area contributed by atoms with Crippen LogP contribution in [0, 0.1) is 6.92 Å². The monoisotopic (exact) mass is 248 g/mol. The van der Waals surface area contributed by atoms with Crippen LogP contribution in [0.1, 0.15) is 22.8 Å². The lowest BCUT2D eigenvalue weighted by Crippen LogP contribution is -2.52. The molecule has 0 bridgehead atoms. The quantitative estimate of drug-likeness (QED) is 0.818. The number of hydrogen-bond acceptors (Lipinski definition) is 3. The second kappa shape index (κ2) is 4.98. The molecule has 1 aromatic carbocycles. The van der Waals surface area contributed by atoms with Crippen LogP contribution in [-0.2, 0) is 0 Å². The Balaban J connectivity index is 2.23. The summed E-state index contributed by atoms with van der Waals surface area (Å²) in [5.41, 5.74) is 1.15. The highest BCUT2D eigenvalue weighted by atomic mass is 16.3. The number of aromatic hydroxyl groups is 1. The molecule has 0 aromatic heterocycles. The van der Waals surface area contributed by atoms with Gasteiger partial charge in [0.1, 0.15) is 5.75 Å². The van der Waals surface area contributed by atoms with Crippen LogP contribution < -0.4 is 0 Å². The maximum Gasteiger partial charge on any atom is 0.257 e. The van der Waals surface area contributed by atoms with Crippen molar-refractivity contribution in [3.05, 3.63) is 29.3 Å². The fourth-order valence-electron chi connectivity index (χ4n) is 2.43. The highest BCUT2D eigenvalue weighted by Crippen LogP contribution is 2.24. The summed E-state index contributed by atoms with van der Waals surface area (Å²) in [6.07, 6.45) is 0. The Labute approximate surface area is 108 Å². The molecule has 2 rings (SSSR count). The van der Waals surface area contributed by atoms with E-state index in [9.17, 15) is 9.90 Å². The second-order valence-corrected chi connectivity index (χ2v) is 5.08. The third-order valence-corrected chi connectivity index (χ3v) is 3.56. The maximum atomic E-state index is 12.4. The maximum absolute atomic E-state index is 12.4. The van der Waals surface area contributed by atoms with E-state index in [1.54, 1.807) is 19.1 Å². The molecule has 4 nitrogen and oxygen atoms in total. The lowest BCUT2D eigenvalue weighted by atomic mass is 10.1. The van der Waals surface area contributed by atoms with Crippen LogP contribution in [0.2, 0.25) is 0 Å². The molecule has 0 saturated carbocycles. The molecule has 18 heavy (non-hydrogen) atoms. The number of likely N-dealkylation sites (N-methyl/N-ethyl adjacent to an activating group) is 1. The van der Waals surface area contributed by atoms with E-state index in [0.717, 1.165) is 18.7 Å². The third-order valence-electron chi connectivity index (χ3n) is 3.56. The number of rotatable bonds is 1. The smallest absolute Gasteiger partial charge is 0.257 e. The molecule has 1 N–H and O–H groups in total. The van der Waals surface area contributed by atoms with E-state index < -0.39 is 0 Å². The summed E-state index contributed by atoms with van der Waals surface area (Å²) < 4.78 is 0. The van der Waals surface area contributed by atoms with Gasteiger partial charge in [-0.1, -0.05) is 12.1 Å². The van der Waals surface area contributed by atoms with Gasteiger partial charge in [-0.15, -0.1) is 0 Å². The number of carbonyl (C=O) groups excluding carboxylic acids is 1. The molecule has 0 radical (unpaired) electrons. The fraction of sp³-hybridized carbons (Fsp3) is 0.500. The molecule has 1 fully saturated rings. The van der Waals surface area contributed by atoms with Crippen molar-refractivity contribution in [1.29, 1.82) is 0 Å². The zero-order valence-electron chi connectivity index (χ0n) is 11.2. The Morgan fingerprint density at radius 1 is 1.39 bits per heavy atom. The van der Waals surface area contributed by atoms with Crippen molar-refractivity contribution in [2.24, 2.45) is 0 Å². The largest absolute Gasteiger partial charge is 0.507 e. The predicted molar refractivity (Wildman–Crippen MR) is 70.8 cm³/mol. The van der Waals surface area contributed by atoms with Crippen molar-refractivity contribution in [2.45, 2.75) is 19.9 Å². The molecule has 1 aromatic rings. The van der Waals surface area contributed by atoms with Crippen molar-refractivity contribution in [3.8, 4) is 5.75 Å². The fourth-order valence-corrected chi connectivity index (χ4v) is 2.43. The molecule has 1 aliphatic rings. The van der Waals surface area contributed by atoms with Gasteiger partial charge in [0, 0.05) is 25.7 Å². The second-order valence-electron chi connectivity index (χ2n) is 5.08. The minimum absolute atomic E-state index is 0.0724. The Morgan fingerprint density at radius 2 is 2.11 bits per heavy atom. The molecule has 0 aliphatic carbocycles. The summed E-state index contributed by atoms with van der Waals surface area (Å²) in [6.45, 7) is 6.31. The first kappa shape index (κ1) is 12.9. The number of amides is 1. The van der Waals surface area contributed by atoms with E-state index in [1.807, 2.05) is 17.9 Å². The van der Waals surface area contributed by atoms with E-state index in [1.165, 1.54) is 0 Å². The topological polar surface area (TPSA) is 43.8 Å². The van der Waals surface area contributed by atoms with Crippen LogP contribution in [0.3, 0.4) is 0 Å². The Morgan fingerprint density at radius 3 is 2.78 bits per heavy atom. The van der Waals surface area contributed by atoms with Crippen LogP contribution >= 0.6 is 0 Å². The summed E-state index contributed by atoms with van der Waals surface area (Å²) in [5, 5.41) is 9.98. The first-order chi connectivity index (χ1) is 8.50. The summed E-state index contributed by atoms with van der Waals surface area (Å²) in [5.74, 6) is 0.0328. The summed E-state index contributed by atoms with van der Waals surface area (Å²) in [4.78, 5) is 16.5. The van der Waals surface area contributed by atoms with E-state index in [0.29, 0.717) is 12.1 Å². The number of phenols is 1. The van der Waals surface area contributed by atoms with Crippen molar-refractivity contribution >= 4 is 5.91 Å². The van der Waals surface area contributed by atoms with Crippen molar-refractivity contribution in [3.63, 3.8) is 0 Å². The number of phenolic OH excluding ortho intramolecular Hbond substituents is 1. The van der Waals surface area contributed by atoms with Gasteiger partial charge in [0.15, 0.2) is 0 Å². The van der Waals surface area contributed by atoms with Crippen LogP contribution in [0.4, 0.5) is 0 Å². The number of benzene rings is 1. The van der Waals surface area contributed by atoms with Gasteiger partial charge in [-0.25, -0.2) is 0 Å². The van der Waals surface area contributed by atoms with Crippen LogP contribution in [0.15, 0.2) is 18.2 Å². The molecule has 1 saturated heterocycles. The minimum atomic E-state index is -0.0724. The zero-order chi connectivity index (χ0) is 13.3. The molecule has 1 atom stereocenters. The van der Waals surface area contributed by atoms with Crippen molar-refractivity contribution in [2.75, 3.05) is 26.7 Å². The molecule has 0 spiro atoms.